The van der Waals surface area contributed by atoms with Crippen molar-refractivity contribution in [1.29, 1.82) is 0 Å². The Morgan fingerprint density at radius 1 is 0.228 bits per heavy atom. The van der Waals surface area contributed by atoms with Gasteiger partial charge in [0, 0.05) is 84.8 Å². The van der Waals surface area contributed by atoms with Crippen molar-refractivity contribution in [3.05, 3.63) is 166 Å². The summed E-state index contributed by atoms with van der Waals surface area (Å²) < 4.78 is 101. The lowest BCUT2D eigenvalue weighted by Crippen LogP contribution is -2.25. The molecule has 0 aliphatic carbocycles. The Bertz CT molecular complexity index is 2650. The van der Waals surface area contributed by atoms with E-state index in [0.717, 1.165) is 33.4 Å². The van der Waals surface area contributed by atoms with Crippen molar-refractivity contribution in [1.82, 2.24) is 0 Å². The first-order valence-corrected chi connectivity index (χ1v) is 31.3. The Morgan fingerprint density at radius 2 is 0.446 bits per heavy atom. The molecule has 498 valence electrons. The maximum absolute atomic E-state index is 6.31. The van der Waals surface area contributed by atoms with E-state index in [9.17, 15) is 0 Å². The second kappa shape index (κ2) is 52.8. The summed E-state index contributed by atoms with van der Waals surface area (Å²) in [6, 6.07) is 39.0. The van der Waals surface area contributed by atoms with Gasteiger partial charge in [0.1, 0.15) is 11.5 Å². The van der Waals surface area contributed by atoms with E-state index in [1.807, 2.05) is 121 Å². The number of hydrogen-bond donors (Lipinski definition) is 0. The highest BCUT2D eigenvalue weighted by atomic mass is 16.6. The second-order valence-corrected chi connectivity index (χ2v) is 20.2. The molecule has 0 fully saturated rings. The molecule has 92 heavy (non-hydrogen) atoms. The van der Waals surface area contributed by atoms with E-state index in [2.05, 4.69) is 47.4 Å². The molecule has 5 aromatic rings. The molecule has 0 saturated heterocycles. The first-order valence-electron chi connectivity index (χ1n) is 31.3. The molecule has 0 unspecified atom stereocenters. The highest BCUT2D eigenvalue weighted by molar-refractivity contribution is 5.64. The van der Waals surface area contributed by atoms with Gasteiger partial charge in [0.15, 0.2) is 0 Å². The van der Waals surface area contributed by atoms with Crippen LogP contribution in [0.25, 0.3) is 0 Å². The van der Waals surface area contributed by atoms with E-state index in [1.165, 1.54) is 0 Å². The van der Waals surface area contributed by atoms with Crippen LogP contribution < -0.4 is 9.47 Å². The van der Waals surface area contributed by atoms with Gasteiger partial charge in [-0.1, -0.05) is 83.8 Å². The highest BCUT2D eigenvalue weighted by Gasteiger charge is 2.14. The fourth-order valence-corrected chi connectivity index (χ4v) is 7.93. The standard InChI is InChI=1S/C74H94O18/c1-75-31-35-79-39-43-83-47-51-87-57-67(58-88-52-48-84-44-40-80-36-32-76-2)61-91-73-27-19-65(20-28-73)17-25-71-55-69(23-15-63-11-7-5-8-12-63)70(24-16-64-13-9-6-10-14-64)56-72(71)26-18-66-21-29-74(30-22-66)92-62-68(59-89-53-49-85-45-41-81-37-33-77-3)60-90-54-50-86-46-42-82-38-34-78-4/h5-14,19-22,27-30,55-56,67-68H,31-54,57-62H2,1-4H3. The van der Waals surface area contributed by atoms with Gasteiger partial charge in [0.2, 0.25) is 0 Å². The number of ether oxygens (including phenoxy) is 18. The lowest BCUT2D eigenvalue weighted by Gasteiger charge is -2.18. The Hall–Kier alpha value is -6.70. The van der Waals surface area contributed by atoms with Crippen molar-refractivity contribution in [2.24, 2.45) is 11.8 Å². The molecule has 0 aliphatic heterocycles. The Balaban J connectivity index is 1.29. The predicted octanol–water partition coefficient (Wildman–Crippen LogP) is 8.06. The van der Waals surface area contributed by atoms with Gasteiger partial charge in [0.05, 0.1) is 198 Å². The van der Waals surface area contributed by atoms with Crippen LogP contribution in [0.5, 0.6) is 11.5 Å². The molecule has 0 heterocycles. The molecule has 0 atom stereocenters. The van der Waals surface area contributed by atoms with Crippen LogP contribution in [0, 0.1) is 59.2 Å². The third kappa shape index (κ3) is 37.1. The largest absolute Gasteiger partial charge is 0.493 e. The zero-order chi connectivity index (χ0) is 64.7. The molecule has 18 heteroatoms. The fraction of sp³-hybridized carbons (Fsp3) is 0.486. The summed E-state index contributed by atoms with van der Waals surface area (Å²) in [7, 11) is 6.57. The van der Waals surface area contributed by atoms with Crippen LogP contribution in [-0.2, 0) is 75.8 Å². The zero-order valence-corrected chi connectivity index (χ0v) is 54.3. The third-order valence-electron chi connectivity index (χ3n) is 12.9. The molecule has 0 radical (unpaired) electrons. The van der Waals surface area contributed by atoms with Crippen LogP contribution in [0.15, 0.2) is 121 Å². The first-order chi connectivity index (χ1) is 45.6. The van der Waals surface area contributed by atoms with E-state index in [1.54, 1.807) is 28.4 Å². The van der Waals surface area contributed by atoms with Crippen LogP contribution in [0.3, 0.4) is 0 Å². The van der Waals surface area contributed by atoms with E-state index < -0.39 is 0 Å². The van der Waals surface area contributed by atoms with Crippen LogP contribution >= 0.6 is 0 Å². The third-order valence-corrected chi connectivity index (χ3v) is 12.9. The molecule has 0 bridgehead atoms. The molecule has 0 saturated carbocycles. The first kappa shape index (κ1) is 76.0. The van der Waals surface area contributed by atoms with Crippen LogP contribution in [0.1, 0.15) is 44.5 Å². The predicted molar refractivity (Wildman–Crippen MR) is 351 cm³/mol. The lowest BCUT2D eigenvalue weighted by atomic mass is 9.97. The van der Waals surface area contributed by atoms with Gasteiger partial charge in [-0.05, 0) is 84.9 Å². The molecule has 0 N–H and O–H groups in total. The fourth-order valence-electron chi connectivity index (χ4n) is 7.93. The SMILES string of the molecule is COCCOCCOCCOCC(COCCOCCOCCOC)COc1ccc(C#Cc2cc(C#Cc3ccccc3)c(C#Cc3ccccc3)cc2C#Cc2ccc(OCC(COCCOCCOCCOC)COCCOCCOCCOC)cc2)cc1. The Morgan fingerprint density at radius 3 is 0.685 bits per heavy atom. The number of hydrogen-bond acceptors (Lipinski definition) is 18. The van der Waals surface area contributed by atoms with Crippen molar-refractivity contribution < 1.29 is 85.3 Å². The molecule has 0 aromatic heterocycles. The van der Waals surface area contributed by atoms with Crippen LogP contribution in [0.4, 0.5) is 0 Å². The van der Waals surface area contributed by atoms with Gasteiger partial charge < -0.3 is 85.3 Å². The summed E-state index contributed by atoms with van der Waals surface area (Å²) in [6.45, 7) is 13.9. The van der Waals surface area contributed by atoms with E-state index in [4.69, 9.17) is 85.3 Å². The molecular formula is C74H94O18. The lowest BCUT2D eigenvalue weighted by molar-refractivity contribution is -0.0276. The zero-order valence-electron chi connectivity index (χ0n) is 54.3. The number of methoxy groups -OCH3 is 4. The molecule has 5 aromatic carbocycles. The van der Waals surface area contributed by atoms with Crippen molar-refractivity contribution in [2.45, 2.75) is 0 Å². The monoisotopic (exact) mass is 1270 g/mol. The molecule has 0 aliphatic rings. The van der Waals surface area contributed by atoms with Gasteiger partial charge >= 0.3 is 0 Å². The molecule has 5 rings (SSSR count). The Kier molecular flexibility index (Phi) is 43.6. The average molecular weight is 1270 g/mol. The Labute approximate surface area is 546 Å². The molecule has 0 spiro atoms. The average Bonchev–Trinajstić information content (AvgIpc) is 1.01. The smallest absolute Gasteiger partial charge is 0.119 e. The summed E-state index contributed by atoms with van der Waals surface area (Å²) in [5.41, 5.74) is 6.14. The minimum absolute atomic E-state index is 0.0654. The van der Waals surface area contributed by atoms with Crippen LogP contribution in [0.2, 0.25) is 0 Å². The molecular weight excluding hydrogens is 1180 g/mol. The summed E-state index contributed by atoms with van der Waals surface area (Å²) >= 11 is 0. The van der Waals surface area contributed by atoms with Crippen molar-refractivity contribution >= 4 is 0 Å². The van der Waals surface area contributed by atoms with Crippen molar-refractivity contribution in [2.75, 3.05) is 227 Å². The summed E-state index contributed by atoms with van der Waals surface area (Å²) in [4.78, 5) is 0. The summed E-state index contributed by atoms with van der Waals surface area (Å²) in [6.07, 6.45) is 0. The normalized spacial score (nSPS) is 10.9. The van der Waals surface area contributed by atoms with Crippen molar-refractivity contribution in [3.63, 3.8) is 0 Å². The number of rotatable bonds is 50. The van der Waals surface area contributed by atoms with Gasteiger partial charge in [-0.15, -0.1) is 0 Å². The second-order valence-electron chi connectivity index (χ2n) is 20.2. The van der Waals surface area contributed by atoms with Crippen LogP contribution in [-0.4, -0.2) is 227 Å². The quantitative estimate of drug-likeness (QED) is 0.0271. The minimum atomic E-state index is -0.0654. The highest BCUT2D eigenvalue weighted by Crippen LogP contribution is 2.20. The summed E-state index contributed by atoms with van der Waals surface area (Å²) in [5.74, 6) is 28.3. The maximum Gasteiger partial charge on any atom is 0.119 e. The maximum atomic E-state index is 6.31. The van der Waals surface area contributed by atoms with Gasteiger partial charge in [-0.3, -0.25) is 0 Å². The molecule has 18 nitrogen and oxygen atoms in total. The van der Waals surface area contributed by atoms with E-state index in [-0.39, 0.29) is 11.8 Å². The number of benzene rings is 5. The van der Waals surface area contributed by atoms with E-state index in [0.29, 0.717) is 221 Å². The molecule has 0 amide bonds. The van der Waals surface area contributed by atoms with Gasteiger partial charge in [0.25, 0.3) is 0 Å². The van der Waals surface area contributed by atoms with Gasteiger partial charge in [-0.25, -0.2) is 0 Å². The minimum Gasteiger partial charge on any atom is -0.493 e. The van der Waals surface area contributed by atoms with Crippen molar-refractivity contribution in [3.8, 4) is 58.9 Å². The summed E-state index contributed by atoms with van der Waals surface area (Å²) in [5, 5.41) is 0. The van der Waals surface area contributed by atoms with Gasteiger partial charge in [-0.2, -0.15) is 0 Å². The topological polar surface area (TPSA) is 166 Å². The van der Waals surface area contributed by atoms with E-state index >= 15 is 0 Å².